The molecule has 5 rings (SSSR count). The standard InChI is InChI=1S/C22H19BrN4/c1-3-12(2)20-19(23)21(24)27-22(26-20)18(11-25-27)17-9-14-7-5-4-6-13(14)8-15-10-16(15)17/h3-7,9,11H,8,10,24H2,1-2H3. The van der Waals surface area contributed by atoms with Crippen LogP contribution in [0.15, 0.2) is 52.2 Å². The van der Waals surface area contributed by atoms with Gasteiger partial charge in [0, 0.05) is 5.56 Å². The van der Waals surface area contributed by atoms with Gasteiger partial charge in [-0.15, -0.1) is 0 Å². The average molecular weight is 419 g/mol. The maximum Gasteiger partial charge on any atom is 0.165 e. The summed E-state index contributed by atoms with van der Waals surface area (Å²) in [6.45, 7) is 4.05. The minimum atomic E-state index is 0.571. The Bertz CT molecular complexity index is 1210. The van der Waals surface area contributed by atoms with Gasteiger partial charge in [-0.2, -0.15) is 9.61 Å². The van der Waals surface area contributed by atoms with E-state index in [4.69, 9.17) is 10.7 Å². The molecule has 0 amide bonds. The van der Waals surface area contributed by atoms with Gasteiger partial charge in [-0.3, -0.25) is 0 Å². The van der Waals surface area contributed by atoms with Gasteiger partial charge in [0.1, 0.15) is 5.82 Å². The van der Waals surface area contributed by atoms with Crippen LogP contribution in [-0.2, 0) is 6.42 Å². The van der Waals surface area contributed by atoms with Crippen LogP contribution in [0.25, 0.3) is 22.9 Å². The number of rotatable bonds is 2. The molecule has 0 spiro atoms. The molecule has 2 aliphatic carbocycles. The molecular formula is C22H19BrN4. The molecule has 0 atom stereocenters. The molecule has 2 aliphatic rings. The molecular weight excluding hydrogens is 400 g/mol. The summed E-state index contributed by atoms with van der Waals surface area (Å²) in [4.78, 5) is 4.92. The Morgan fingerprint density at radius 2 is 2.07 bits per heavy atom. The number of nitrogen functional groups attached to an aromatic ring is 1. The van der Waals surface area contributed by atoms with E-state index in [2.05, 4.69) is 51.4 Å². The molecule has 0 aliphatic heterocycles. The minimum absolute atomic E-state index is 0.571. The summed E-state index contributed by atoms with van der Waals surface area (Å²) in [6.07, 6.45) is 8.33. The van der Waals surface area contributed by atoms with Crippen molar-refractivity contribution in [3.63, 3.8) is 0 Å². The summed E-state index contributed by atoms with van der Waals surface area (Å²) in [6, 6.07) is 8.60. The monoisotopic (exact) mass is 418 g/mol. The van der Waals surface area contributed by atoms with Crippen LogP contribution in [0.1, 0.15) is 42.7 Å². The summed E-state index contributed by atoms with van der Waals surface area (Å²) >= 11 is 3.59. The molecule has 0 unspecified atom stereocenters. The van der Waals surface area contributed by atoms with Crippen molar-refractivity contribution in [2.75, 3.05) is 5.73 Å². The number of nitrogens with zero attached hydrogens (tertiary/aromatic N) is 3. The van der Waals surface area contributed by atoms with Crippen LogP contribution in [0.5, 0.6) is 0 Å². The number of aromatic nitrogens is 3. The molecule has 0 saturated heterocycles. The maximum absolute atomic E-state index is 6.36. The number of nitrogens with two attached hydrogens (primary N) is 1. The van der Waals surface area contributed by atoms with E-state index in [9.17, 15) is 0 Å². The zero-order valence-electron chi connectivity index (χ0n) is 15.3. The van der Waals surface area contributed by atoms with Gasteiger partial charge < -0.3 is 5.73 Å². The van der Waals surface area contributed by atoms with Gasteiger partial charge in [0.2, 0.25) is 0 Å². The highest BCUT2D eigenvalue weighted by molar-refractivity contribution is 9.10. The Morgan fingerprint density at radius 1 is 1.26 bits per heavy atom. The van der Waals surface area contributed by atoms with Crippen molar-refractivity contribution >= 4 is 44.6 Å². The molecule has 2 aromatic heterocycles. The molecule has 1 aromatic carbocycles. The molecule has 0 saturated carbocycles. The molecule has 4 nitrogen and oxygen atoms in total. The predicted octanol–water partition coefficient (Wildman–Crippen LogP) is 5.29. The SMILES string of the molecule is CC=C(C)c1nc2c(C3=Cc4ccccc4CC4=C3C4)cnn2c(N)c1Br. The minimum Gasteiger partial charge on any atom is -0.383 e. The second kappa shape index (κ2) is 5.92. The van der Waals surface area contributed by atoms with E-state index in [0.717, 1.165) is 39.8 Å². The smallest absolute Gasteiger partial charge is 0.165 e. The van der Waals surface area contributed by atoms with Crippen molar-refractivity contribution < 1.29 is 0 Å². The molecule has 5 heteroatoms. The van der Waals surface area contributed by atoms with Crippen molar-refractivity contribution in [1.29, 1.82) is 0 Å². The first-order valence-corrected chi connectivity index (χ1v) is 9.85. The number of benzene rings is 1. The Hall–Kier alpha value is -2.66. The Balaban J connectivity index is 1.77. The third-order valence-corrected chi connectivity index (χ3v) is 6.28. The summed E-state index contributed by atoms with van der Waals surface area (Å²) < 4.78 is 2.51. The third kappa shape index (κ3) is 2.49. The van der Waals surface area contributed by atoms with Crippen molar-refractivity contribution in [3.05, 3.63) is 74.5 Å². The van der Waals surface area contributed by atoms with E-state index in [0.29, 0.717) is 5.82 Å². The molecule has 2 heterocycles. The quantitative estimate of drug-likeness (QED) is 0.614. The van der Waals surface area contributed by atoms with Crippen molar-refractivity contribution in [2.24, 2.45) is 0 Å². The highest BCUT2D eigenvalue weighted by Gasteiger charge is 2.31. The predicted molar refractivity (Wildman–Crippen MR) is 114 cm³/mol. The normalized spacial score (nSPS) is 16.1. The zero-order valence-corrected chi connectivity index (χ0v) is 16.8. The lowest BCUT2D eigenvalue weighted by Gasteiger charge is -2.10. The summed E-state index contributed by atoms with van der Waals surface area (Å²) in [7, 11) is 0. The number of fused-ring (bicyclic) bond motifs is 2. The molecule has 0 bridgehead atoms. The largest absolute Gasteiger partial charge is 0.383 e. The van der Waals surface area contributed by atoms with Crippen LogP contribution in [0.4, 0.5) is 5.82 Å². The van der Waals surface area contributed by atoms with Gasteiger partial charge in [-0.05, 0) is 76.5 Å². The van der Waals surface area contributed by atoms with Crippen molar-refractivity contribution in [2.45, 2.75) is 26.7 Å². The molecule has 0 radical (unpaired) electrons. The fraction of sp³-hybridized carbons (Fsp3) is 0.182. The Kier molecular flexibility index (Phi) is 3.62. The number of anilines is 1. The van der Waals surface area contributed by atoms with E-state index in [1.807, 2.05) is 26.1 Å². The first kappa shape index (κ1) is 16.5. The van der Waals surface area contributed by atoms with Gasteiger partial charge >= 0.3 is 0 Å². The van der Waals surface area contributed by atoms with Crippen LogP contribution in [0, 0.1) is 0 Å². The molecule has 27 heavy (non-hydrogen) atoms. The summed E-state index contributed by atoms with van der Waals surface area (Å²) in [5.41, 5.74) is 17.0. The van der Waals surface area contributed by atoms with Crippen LogP contribution >= 0.6 is 15.9 Å². The van der Waals surface area contributed by atoms with Gasteiger partial charge in [-0.25, -0.2) is 4.98 Å². The van der Waals surface area contributed by atoms with Crippen LogP contribution < -0.4 is 5.73 Å². The lowest BCUT2D eigenvalue weighted by atomic mass is 9.99. The maximum atomic E-state index is 6.36. The fourth-order valence-electron chi connectivity index (χ4n) is 3.76. The Labute approximate surface area is 166 Å². The van der Waals surface area contributed by atoms with Gasteiger partial charge in [0.15, 0.2) is 5.65 Å². The Morgan fingerprint density at radius 3 is 2.89 bits per heavy atom. The third-order valence-electron chi connectivity index (χ3n) is 5.50. The zero-order chi connectivity index (χ0) is 18.7. The second-order valence-corrected chi connectivity index (χ2v) is 7.91. The van der Waals surface area contributed by atoms with E-state index >= 15 is 0 Å². The van der Waals surface area contributed by atoms with Crippen LogP contribution in [0.2, 0.25) is 0 Å². The topological polar surface area (TPSA) is 56.2 Å². The number of allylic oxidation sites excluding steroid dienone is 5. The second-order valence-electron chi connectivity index (χ2n) is 7.12. The molecule has 134 valence electrons. The fourth-order valence-corrected chi connectivity index (χ4v) is 4.33. The molecule has 2 N–H and O–H groups in total. The first-order valence-electron chi connectivity index (χ1n) is 9.05. The van der Waals surface area contributed by atoms with Gasteiger partial charge in [-0.1, -0.05) is 35.9 Å². The lowest BCUT2D eigenvalue weighted by Crippen LogP contribution is -2.05. The van der Waals surface area contributed by atoms with Gasteiger partial charge in [0.05, 0.1) is 16.4 Å². The highest BCUT2D eigenvalue weighted by atomic mass is 79.9. The number of hydrogen-bond acceptors (Lipinski definition) is 3. The number of hydrogen-bond donors (Lipinski definition) is 1. The van der Waals surface area contributed by atoms with E-state index in [1.54, 1.807) is 4.52 Å². The average Bonchev–Trinajstić information content (AvgIpc) is 3.33. The molecule has 0 fully saturated rings. The van der Waals surface area contributed by atoms with Gasteiger partial charge in [0.25, 0.3) is 0 Å². The summed E-state index contributed by atoms with van der Waals surface area (Å²) in [5.74, 6) is 0.571. The van der Waals surface area contributed by atoms with E-state index < -0.39 is 0 Å². The summed E-state index contributed by atoms with van der Waals surface area (Å²) in [5, 5.41) is 4.54. The van der Waals surface area contributed by atoms with Crippen LogP contribution in [0.3, 0.4) is 0 Å². The number of halogens is 1. The van der Waals surface area contributed by atoms with Crippen LogP contribution in [-0.4, -0.2) is 14.6 Å². The first-order chi connectivity index (χ1) is 13.1. The molecule has 3 aromatic rings. The van der Waals surface area contributed by atoms with Crippen molar-refractivity contribution in [1.82, 2.24) is 14.6 Å². The van der Waals surface area contributed by atoms with E-state index in [1.165, 1.54) is 27.8 Å². The highest BCUT2D eigenvalue weighted by Crippen LogP contribution is 2.48. The van der Waals surface area contributed by atoms with Crippen molar-refractivity contribution in [3.8, 4) is 0 Å². The van der Waals surface area contributed by atoms with E-state index in [-0.39, 0.29) is 0 Å². The lowest BCUT2D eigenvalue weighted by molar-refractivity contribution is 0.942.